The predicted octanol–water partition coefficient (Wildman–Crippen LogP) is 3.91. The lowest BCUT2D eigenvalue weighted by atomic mass is 9.77. The molecule has 0 radical (unpaired) electrons. The maximum atomic E-state index is 12.9. The third kappa shape index (κ3) is 6.42. The van der Waals surface area contributed by atoms with Crippen LogP contribution in [0, 0.1) is 0 Å². The van der Waals surface area contributed by atoms with Crippen LogP contribution in [0.15, 0.2) is 30.3 Å². The van der Waals surface area contributed by atoms with Crippen LogP contribution in [0.4, 0.5) is 4.79 Å². The van der Waals surface area contributed by atoms with Crippen LogP contribution in [-0.4, -0.2) is 64.0 Å². The normalized spacial score (nSPS) is 15.9. The number of hydrogen-bond donors (Lipinski definition) is 1. The Morgan fingerprint density at radius 2 is 1.67 bits per heavy atom. The van der Waals surface area contributed by atoms with E-state index in [9.17, 15) is 9.59 Å². The van der Waals surface area contributed by atoms with Gasteiger partial charge in [0.25, 0.3) is 0 Å². The van der Waals surface area contributed by atoms with E-state index >= 15 is 0 Å². The number of ether oxygens (including phenoxy) is 4. The van der Waals surface area contributed by atoms with E-state index in [0.29, 0.717) is 37.7 Å². The number of methoxy groups -OCH3 is 2. The molecule has 0 aromatic heterocycles. The number of hydrogen-bond acceptors (Lipinski definition) is 7. The SMILES string of the molecule is CCOC(=O)Oc1ccc2c(c1)C(CNCCC(=O)N1CCc3cc(OC)c(OC)cc3CC1)C2.Cl. The highest BCUT2D eigenvalue weighted by Gasteiger charge is 2.27. The second-order valence-corrected chi connectivity index (χ2v) is 8.86. The topological polar surface area (TPSA) is 86.3 Å². The molecule has 2 aromatic carbocycles. The van der Waals surface area contributed by atoms with Crippen molar-refractivity contribution in [1.82, 2.24) is 10.2 Å². The summed E-state index contributed by atoms with van der Waals surface area (Å²) in [4.78, 5) is 26.4. The fourth-order valence-electron chi connectivity index (χ4n) is 4.80. The Morgan fingerprint density at radius 3 is 2.28 bits per heavy atom. The zero-order valence-electron chi connectivity index (χ0n) is 21.1. The van der Waals surface area contributed by atoms with E-state index in [4.69, 9.17) is 18.9 Å². The Morgan fingerprint density at radius 1 is 1.00 bits per heavy atom. The molecular weight excluding hydrogens is 484 g/mol. The van der Waals surface area contributed by atoms with Crippen molar-refractivity contribution in [1.29, 1.82) is 0 Å². The van der Waals surface area contributed by atoms with Gasteiger partial charge in [0.15, 0.2) is 11.5 Å². The number of nitrogens with zero attached hydrogens (tertiary/aromatic N) is 1. The number of rotatable bonds is 9. The number of carbonyl (C=O) groups is 2. The van der Waals surface area contributed by atoms with Gasteiger partial charge in [-0.25, -0.2) is 4.79 Å². The third-order valence-corrected chi connectivity index (χ3v) is 6.75. The molecule has 1 aliphatic carbocycles. The van der Waals surface area contributed by atoms with Crippen LogP contribution >= 0.6 is 12.4 Å². The molecule has 196 valence electrons. The van der Waals surface area contributed by atoms with Crippen molar-refractivity contribution in [3.63, 3.8) is 0 Å². The molecule has 1 N–H and O–H groups in total. The van der Waals surface area contributed by atoms with Gasteiger partial charge in [0.2, 0.25) is 5.91 Å². The molecule has 0 saturated carbocycles. The Labute approximate surface area is 218 Å². The Bertz CT molecular complexity index is 1040. The second kappa shape index (κ2) is 12.8. The zero-order valence-corrected chi connectivity index (χ0v) is 21.9. The largest absolute Gasteiger partial charge is 0.513 e. The lowest BCUT2D eigenvalue weighted by Crippen LogP contribution is -2.36. The number of nitrogens with one attached hydrogen (secondary N) is 1. The molecule has 4 rings (SSSR count). The summed E-state index contributed by atoms with van der Waals surface area (Å²) in [5, 5.41) is 3.43. The smallest absolute Gasteiger partial charge is 0.493 e. The van der Waals surface area contributed by atoms with Crippen molar-refractivity contribution in [2.45, 2.75) is 38.5 Å². The molecule has 1 atom stereocenters. The van der Waals surface area contributed by atoms with Crippen molar-refractivity contribution < 1.29 is 28.5 Å². The second-order valence-electron chi connectivity index (χ2n) is 8.86. The molecule has 8 nitrogen and oxygen atoms in total. The molecule has 1 heterocycles. The molecule has 2 aromatic rings. The molecule has 1 amide bonds. The molecule has 1 aliphatic heterocycles. The average molecular weight is 519 g/mol. The monoisotopic (exact) mass is 518 g/mol. The first-order valence-corrected chi connectivity index (χ1v) is 12.2. The summed E-state index contributed by atoms with van der Waals surface area (Å²) in [7, 11) is 3.28. The van der Waals surface area contributed by atoms with Gasteiger partial charge in [-0.1, -0.05) is 6.07 Å². The van der Waals surface area contributed by atoms with E-state index in [1.807, 2.05) is 29.2 Å². The lowest BCUT2D eigenvalue weighted by molar-refractivity contribution is -0.131. The van der Waals surface area contributed by atoms with Crippen molar-refractivity contribution in [3.05, 3.63) is 52.6 Å². The van der Waals surface area contributed by atoms with E-state index in [1.165, 1.54) is 22.3 Å². The van der Waals surface area contributed by atoms with Crippen LogP contribution in [0.3, 0.4) is 0 Å². The van der Waals surface area contributed by atoms with Gasteiger partial charge in [0.05, 0.1) is 20.8 Å². The van der Waals surface area contributed by atoms with E-state index in [1.54, 1.807) is 27.2 Å². The van der Waals surface area contributed by atoms with Crippen LogP contribution in [0.5, 0.6) is 17.2 Å². The molecule has 0 fully saturated rings. The molecule has 2 aliphatic rings. The van der Waals surface area contributed by atoms with E-state index in [-0.39, 0.29) is 24.9 Å². The maximum absolute atomic E-state index is 12.9. The highest BCUT2D eigenvalue weighted by molar-refractivity contribution is 5.85. The lowest BCUT2D eigenvalue weighted by Gasteiger charge is -2.31. The summed E-state index contributed by atoms with van der Waals surface area (Å²) in [5.41, 5.74) is 4.88. The van der Waals surface area contributed by atoms with Crippen LogP contribution in [0.1, 0.15) is 41.5 Å². The van der Waals surface area contributed by atoms with Crippen LogP contribution in [0.2, 0.25) is 0 Å². The van der Waals surface area contributed by atoms with Crippen LogP contribution < -0.4 is 19.5 Å². The fraction of sp³-hybridized carbons (Fsp3) is 0.481. The highest BCUT2D eigenvalue weighted by Crippen LogP contribution is 2.37. The van der Waals surface area contributed by atoms with Crippen molar-refractivity contribution >= 4 is 24.5 Å². The molecule has 1 unspecified atom stereocenters. The van der Waals surface area contributed by atoms with Crippen LogP contribution in [0.25, 0.3) is 0 Å². The Kier molecular flexibility index (Phi) is 9.84. The molecule has 0 spiro atoms. The minimum atomic E-state index is -0.685. The van der Waals surface area contributed by atoms with Gasteiger partial charge in [-0.3, -0.25) is 4.79 Å². The first kappa shape index (κ1) is 27.6. The van der Waals surface area contributed by atoms with Gasteiger partial charge in [0.1, 0.15) is 5.75 Å². The first-order valence-electron chi connectivity index (χ1n) is 12.2. The summed E-state index contributed by atoms with van der Waals surface area (Å²) in [6.07, 6.45) is 2.38. The summed E-state index contributed by atoms with van der Waals surface area (Å²) < 4.78 is 20.9. The van der Waals surface area contributed by atoms with Crippen LogP contribution in [-0.2, 0) is 28.8 Å². The number of halogens is 1. The van der Waals surface area contributed by atoms with E-state index < -0.39 is 6.16 Å². The first-order chi connectivity index (χ1) is 17.0. The molecular formula is C27H35ClN2O6. The van der Waals surface area contributed by atoms with Crippen molar-refractivity contribution in [3.8, 4) is 17.2 Å². The summed E-state index contributed by atoms with van der Waals surface area (Å²) in [6, 6.07) is 9.76. The van der Waals surface area contributed by atoms with Gasteiger partial charge in [-0.15, -0.1) is 12.4 Å². The van der Waals surface area contributed by atoms with Gasteiger partial charge >= 0.3 is 6.16 Å². The Hall–Kier alpha value is -2.97. The third-order valence-electron chi connectivity index (χ3n) is 6.75. The van der Waals surface area contributed by atoms with Gasteiger partial charge in [0, 0.05) is 38.5 Å². The molecule has 0 bridgehead atoms. The number of amides is 1. The summed E-state index contributed by atoms with van der Waals surface area (Å²) in [6.45, 7) is 4.86. The van der Waals surface area contributed by atoms with Crippen molar-refractivity contribution in [2.24, 2.45) is 0 Å². The minimum Gasteiger partial charge on any atom is -0.493 e. The summed E-state index contributed by atoms with van der Waals surface area (Å²) >= 11 is 0. The zero-order chi connectivity index (χ0) is 24.8. The number of carbonyl (C=O) groups excluding carboxylic acids is 2. The van der Waals surface area contributed by atoms with Gasteiger partial charge in [-0.05, 0) is 72.7 Å². The van der Waals surface area contributed by atoms with Gasteiger partial charge in [-0.2, -0.15) is 0 Å². The maximum Gasteiger partial charge on any atom is 0.513 e. The van der Waals surface area contributed by atoms with Gasteiger partial charge < -0.3 is 29.2 Å². The highest BCUT2D eigenvalue weighted by atomic mass is 35.5. The average Bonchev–Trinajstić information content (AvgIpc) is 3.06. The molecule has 36 heavy (non-hydrogen) atoms. The molecule has 0 saturated heterocycles. The standard InChI is InChI=1S/C27H34N2O6.ClH/c1-4-34-27(31)35-22-6-5-20-13-21(23(20)16-22)17-28-10-7-26(30)29-11-8-18-14-24(32-2)25(33-3)15-19(18)9-12-29;/h5-6,14-16,21,28H,4,7-13,17H2,1-3H3;1H. The van der Waals surface area contributed by atoms with Crippen molar-refractivity contribution in [2.75, 3.05) is 47.0 Å². The van der Waals surface area contributed by atoms with E-state index in [0.717, 1.165) is 37.3 Å². The number of fused-ring (bicyclic) bond motifs is 2. The number of benzene rings is 2. The van der Waals surface area contributed by atoms with E-state index in [2.05, 4.69) is 5.32 Å². The minimum absolute atomic E-state index is 0. The quantitative estimate of drug-likeness (QED) is 0.306. The predicted molar refractivity (Wildman–Crippen MR) is 139 cm³/mol. The Balaban J connectivity index is 0.00000361. The summed E-state index contributed by atoms with van der Waals surface area (Å²) in [5.74, 6) is 2.48. The fourth-order valence-corrected chi connectivity index (χ4v) is 4.80. The molecule has 9 heteroatoms.